The average molecular weight is 300 g/mol. The van der Waals surface area contributed by atoms with Crippen molar-refractivity contribution in [2.75, 3.05) is 7.11 Å². The first-order valence-electron chi connectivity index (χ1n) is 7.41. The molecule has 0 unspecified atom stereocenters. The van der Waals surface area contributed by atoms with Crippen LogP contribution in [0.5, 0.6) is 0 Å². The highest BCUT2D eigenvalue weighted by atomic mass is 16.5. The van der Waals surface area contributed by atoms with Crippen molar-refractivity contribution in [3.63, 3.8) is 0 Å². The zero-order valence-corrected chi connectivity index (χ0v) is 12.6. The van der Waals surface area contributed by atoms with E-state index in [2.05, 4.69) is 18.2 Å². The van der Waals surface area contributed by atoms with Gasteiger partial charge in [0.1, 0.15) is 0 Å². The molecule has 1 heterocycles. The maximum Gasteiger partial charge on any atom is 0.338 e. The van der Waals surface area contributed by atoms with E-state index in [1.165, 1.54) is 17.9 Å². The topological polar surface area (TPSA) is 40.4 Å². The lowest BCUT2D eigenvalue weighted by atomic mass is 10.0. The van der Waals surface area contributed by atoms with Gasteiger partial charge in [0.05, 0.1) is 24.1 Å². The fraction of sp³-hybridized carbons (Fsp3) is 0.0500. The summed E-state index contributed by atoms with van der Waals surface area (Å²) in [7, 11) is 1.39. The Morgan fingerprint density at radius 2 is 1.74 bits per heavy atom. The van der Waals surface area contributed by atoms with Crippen LogP contribution in [0.1, 0.15) is 21.5 Å². The molecule has 0 N–H and O–H groups in total. The van der Waals surface area contributed by atoms with Gasteiger partial charge in [-0.3, -0.25) is 0 Å². The van der Waals surface area contributed by atoms with Crippen molar-refractivity contribution in [1.29, 1.82) is 0 Å². The Bertz CT molecular complexity index is 957. The Morgan fingerprint density at radius 1 is 0.957 bits per heavy atom. The molecule has 0 saturated carbocycles. The van der Waals surface area contributed by atoms with E-state index in [1.54, 1.807) is 6.07 Å². The van der Waals surface area contributed by atoms with Gasteiger partial charge in [-0.25, -0.2) is 10.1 Å². The number of carbonyl (C=O) groups is 1. The minimum Gasteiger partial charge on any atom is -0.465 e. The number of carbonyl (C=O) groups excluding carboxylic acids is 1. The Hall–Kier alpha value is -3.07. The lowest BCUT2D eigenvalue weighted by Gasteiger charge is -2.08. The molecule has 0 bridgehead atoms. The third-order valence-corrected chi connectivity index (χ3v) is 4.08. The van der Waals surface area contributed by atoms with Gasteiger partial charge in [0.25, 0.3) is 0 Å². The quantitative estimate of drug-likeness (QED) is 0.659. The molecule has 0 spiro atoms. The minimum atomic E-state index is -0.350. The van der Waals surface area contributed by atoms with Crippen LogP contribution in [0.4, 0.5) is 5.69 Å². The summed E-state index contributed by atoms with van der Waals surface area (Å²) in [6, 6.07) is 19.7. The maximum atomic E-state index is 12.0. The Balaban J connectivity index is 1.87. The molecule has 0 atom stereocenters. The van der Waals surface area contributed by atoms with E-state index in [1.807, 2.05) is 42.5 Å². The molecule has 4 rings (SSSR count). The predicted molar refractivity (Wildman–Crippen MR) is 91.4 cm³/mol. The molecule has 23 heavy (non-hydrogen) atoms. The molecule has 0 aliphatic carbocycles. The molecule has 0 amide bonds. The number of esters is 1. The zero-order chi connectivity index (χ0) is 15.8. The molecule has 111 valence electrons. The van der Waals surface area contributed by atoms with Crippen molar-refractivity contribution in [2.45, 2.75) is 0 Å². The molecule has 3 aromatic carbocycles. The van der Waals surface area contributed by atoms with E-state index >= 15 is 0 Å². The van der Waals surface area contributed by atoms with Crippen LogP contribution in [0, 0.1) is 0 Å². The largest absolute Gasteiger partial charge is 0.465 e. The van der Waals surface area contributed by atoms with Gasteiger partial charge >= 0.3 is 5.97 Å². The summed E-state index contributed by atoms with van der Waals surface area (Å²) in [4.78, 5) is 12.0. The van der Waals surface area contributed by atoms with E-state index < -0.39 is 0 Å². The fourth-order valence-corrected chi connectivity index (χ4v) is 2.96. The van der Waals surface area contributed by atoms with Gasteiger partial charge in [-0.1, -0.05) is 48.5 Å². The van der Waals surface area contributed by atoms with Crippen LogP contribution in [0.3, 0.4) is 0 Å². The second kappa shape index (κ2) is 5.29. The zero-order valence-electron chi connectivity index (χ0n) is 12.6. The summed E-state index contributed by atoms with van der Waals surface area (Å²) in [5.74, 6) is -0.350. The molecular formula is C20H14NO2. The van der Waals surface area contributed by atoms with E-state index in [-0.39, 0.29) is 5.97 Å². The second-order valence-corrected chi connectivity index (χ2v) is 5.40. The molecule has 0 fully saturated rings. The van der Waals surface area contributed by atoms with Crippen LogP contribution < -0.4 is 5.32 Å². The number of ether oxygens (including phenoxy) is 1. The average Bonchev–Trinajstić information content (AvgIpc) is 3.05. The van der Waals surface area contributed by atoms with Gasteiger partial charge < -0.3 is 4.74 Å². The minimum absolute atomic E-state index is 0.350. The molecule has 3 aromatic rings. The molecule has 1 radical (unpaired) electrons. The number of benzene rings is 3. The number of methoxy groups -OCH3 is 1. The van der Waals surface area contributed by atoms with Gasteiger partial charge in [0.2, 0.25) is 0 Å². The Morgan fingerprint density at radius 3 is 2.61 bits per heavy atom. The third-order valence-electron chi connectivity index (χ3n) is 4.08. The summed E-state index contributed by atoms with van der Waals surface area (Å²) in [5, 5.41) is 7.05. The van der Waals surface area contributed by atoms with Crippen LogP contribution >= 0.6 is 0 Å². The van der Waals surface area contributed by atoms with Crippen molar-refractivity contribution in [3.05, 3.63) is 77.4 Å². The van der Waals surface area contributed by atoms with Gasteiger partial charge in [0, 0.05) is 11.1 Å². The van der Waals surface area contributed by atoms with Crippen molar-refractivity contribution in [1.82, 2.24) is 5.32 Å². The number of fused-ring (bicyclic) bond motifs is 3. The second-order valence-electron chi connectivity index (χ2n) is 5.40. The third kappa shape index (κ3) is 2.18. The van der Waals surface area contributed by atoms with Crippen LogP contribution in [-0.2, 0) is 4.74 Å². The van der Waals surface area contributed by atoms with E-state index in [0.29, 0.717) is 5.56 Å². The van der Waals surface area contributed by atoms with Gasteiger partial charge in [-0.05, 0) is 29.0 Å². The van der Waals surface area contributed by atoms with Gasteiger partial charge in [0.15, 0.2) is 0 Å². The van der Waals surface area contributed by atoms with Crippen molar-refractivity contribution >= 4 is 34.2 Å². The highest BCUT2D eigenvalue weighted by Crippen LogP contribution is 2.37. The molecular weight excluding hydrogens is 286 g/mol. The van der Waals surface area contributed by atoms with Gasteiger partial charge in [-0.2, -0.15) is 0 Å². The first kappa shape index (κ1) is 13.6. The van der Waals surface area contributed by atoms with E-state index in [4.69, 9.17) is 10.1 Å². The smallest absolute Gasteiger partial charge is 0.338 e. The first-order chi connectivity index (χ1) is 11.3. The lowest BCUT2D eigenvalue weighted by molar-refractivity contribution is 0.0600. The summed E-state index contributed by atoms with van der Waals surface area (Å²) in [5.41, 5.74) is 4.13. The molecule has 0 saturated heterocycles. The number of hydrogen-bond acceptors (Lipinski definition) is 2. The standard InChI is InChI=1S/C20H14NO2/c1-23-20(22)16-9-5-4-8-15(16)19-12-17-14-7-3-2-6-13(14)10-11-18(17)21-19/h2-12H,1H3. The number of hydrogen-bond donors (Lipinski definition) is 0. The van der Waals surface area contributed by atoms with Crippen LogP contribution in [0.2, 0.25) is 0 Å². The van der Waals surface area contributed by atoms with E-state index in [9.17, 15) is 4.79 Å². The Kier molecular flexibility index (Phi) is 3.12. The molecule has 3 heteroatoms. The number of rotatable bonds is 2. The normalized spacial score (nSPS) is 12.5. The predicted octanol–water partition coefficient (Wildman–Crippen LogP) is 4.37. The number of nitrogens with zero attached hydrogens (tertiary/aromatic N) is 1. The van der Waals surface area contributed by atoms with Crippen LogP contribution in [0.15, 0.2) is 60.7 Å². The summed E-state index contributed by atoms with van der Waals surface area (Å²) in [6.45, 7) is 0. The highest BCUT2D eigenvalue weighted by Gasteiger charge is 2.21. The van der Waals surface area contributed by atoms with Crippen molar-refractivity contribution < 1.29 is 9.53 Å². The van der Waals surface area contributed by atoms with Crippen LogP contribution in [0.25, 0.3) is 22.5 Å². The van der Waals surface area contributed by atoms with Gasteiger partial charge in [-0.15, -0.1) is 0 Å². The van der Waals surface area contributed by atoms with Crippen LogP contribution in [-0.4, -0.2) is 13.1 Å². The maximum absolute atomic E-state index is 12.0. The molecule has 1 aliphatic rings. The fourth-order valence-electron chi connectivity index (χ4n) is 2.96. The van der Waals surface area contributed by atoms with Crippen molar-refractivity contribution in [2.24, 2.45) is 0 Å². The van der Waals surface area contributed by atoms with Crippen molar-refractivity contribution in [3.8, 4) is 0 Å². The summed E-state index contributed by atoms with van der Waals surface area (Å²) < 4.78 is 4.88. The summed E-state index contributed by atoms with van der Waals surface area (Å²) in [6.07, 6.45) is 2.04. The molecule has 3 nitrogen and oxygen atoms in total. The lowest BCUT2D eigenvalue weighted by Crippen LogP contribution is -2.06. The molecule has 1 aliphatic heterocycles. The SMILES string of the molecule is COC(=O)c1ccccc1C1=Cc2c(ccc3ccccc23)[N]1. The van der Waals surface area contributed by atoms with E-state index in [0.717, 1.165) is 22.5 Å². The highest BCUT2D eigenvalue weighted by molar-refractivity contribution is 6.06. The Labute approximate surface area is 134 Å². The first-order valence-corrected chi connectivity index (χ1v) is 7.41. The molecule has 0 aromatic heterocycles. The monoisotopic (exact) mass is 300 g/mol. The summed E-state index contributed by atoms with van der Waals surface area (Å²) >= 11 is 0.